The number of hydrogen-bond donors (Lipinski definition) is 1. The molecule has 24 heavy (non-hydrogen) atoms. The molecule has 5 nitrogen and oxygen atoms in total. The second-order valence-corrected chi connectivity index (χ2v) is 8.46. The summed E-state index contributed by atoms with van der Waals surface area (Å²) in [4.78, 5) is -0.00622. The molecule has 128 valence electrons. The van der Waals surface area contributed by atoms with Gasteiger partial charge in [0.2, 0.25) is 3.79 Å². The number of sulfonamides is 1. The van der Waals surface area contributed by atoms with Gasteiger partial charge in [-0.1, -0.05) is 53.0 Å². The molecular weight excluding hydrogens is 395 g/mol. The number of halogens is 3. The van der Waals surface area contributed by atoms with Gasteiger partial charge in [0.1, 0.15) is 5.75 Å². The highest BCUT2D eigenvalue weighted by Crippen LogP contribution is 2.30. The first-order valence-corrected chi connectivity index (χ1v) is 9.18. The quantitative estimate of drug-likeness (QED) is 0.467. The molecule has 0 heterocycles. The molecule has 0 bridgehead atoms. The molecule has 0 saturated carbocycles. The Morgan fingerprint density at radius 3 is 2.12 bits per heavy atom. The minimum absolute atomic E-state index is 0.00622. The van der Waals surface area contributed by atoms with Crippen LogP contribution in [0.5, 0.6) is 5.75 Å². The third kappa shape index (κ3) is 5.01. The lowest BCUT2D eigenvalue weighted by Gasteiger charge is -2.17. The van der Waals surface area contributed by atoms with Crippen LogP contribution < -0.4 is 10.1 Å². The topological polar surface area (TPSA) is 67.8 Å². The second kappa shape index (κ2) is 7.61. The van der Waals surface area contributed by atoms with Crippen molar-refractivity contribution in [1.29, 1.82) is 0 Å². The van der Waals surface area contributed by atoms with E-state index in [2.05, 4.69) is 9.71 Å². The van der Waals surface area contributed by atoms with E-state index < -0.39 is 13.8 Å². The molecule has 0 aliphatic heterocycles. The van der Waals surface area contributed by atoms with Gasteiger partial charge in [0.25, 0.3) is 10.0 Å². The number of nitrogens with one attached hydrogen (secondary N) is 1. The Balaban J connectivity index is 2.38. The number of benzene rings is 2. The molecule has 2 aromatic carbocycles. The third-order valence-electron chi connectivity index (χ3n) is 2.87. The van der Waals surface area contributed by atoms with Crippen molar-refractivity contribution in [1.82, 2.24) is 0 Å². The number of alkyl halides is 3. The highest BCUT2D eigenvalue weighted by Gasteiger charge is 2.31. The Bertz CT molecular complexity index is 817. The van der Waals surface area contributed by atoms with Gasteiger partial charge in [-0.05, 0) is 36.4 Å². The molecule has 2 aromatic rings. The highest BCUT2D eigenvalue weighted by molar-refractivity contribution is 7.90. The highest BCUT2D eigenvalue weighted by atomic mass is 35.6. The van der Waals surface area contributed by atoms with Gasteiger partial charge in [-0.15, -0.1) is 4.40 Å². The minimum atomic E-state index is -4.03. The van der Waals surface area contributed by atoms with Crippen molar-refractivity contribution in [3.8, 4) is 5.75 Å². The van der Waals surface area contributed by atoms with E-state index in [0.29, 0.717) is 11.4 Å². The average Bonchev–Trinajstić information content (AvgIpc) is 2.55. The summed E-state index contributed by atoms with van der Waals surface area (Å²) in [7, 11) is -2.50. The Kier molecular flexibility index (Phi) is 5.98. The van der Waals surface area contributed by atoms with E-state index in [9.17, 15) is 8.42 Å². The molecule has 0 aliphatic rings. The normalized spacial score (nSPS) is 12.8. The Hall–Kier alpha value is -1.47. The first kappa shape index (κ1) is 18.9. The van der Waals surface area contributed by atoms with Crippen molar-refractivity contribution in [3.05, 3.63) is 54.6 Å². The average molecular weight is 408 g/mol. The van der Waals surface area contributed by atoms with E-state index in [1.165, 1.54) is 19.2 Å². The van der Waals surface area contributed by atoms with Crippen molar-refractivity contribution in [2.45, 2.75) is 8.69 Å². The Labute approximate surface area is 155 Å². The van der Waals surface area contributed by atoms with Gasteiger partial charge in [0.15, 0.2) is 5.84 Å². The van der Waals surface area contributed by atoms with Crippen LogP contribution in [0, 0.1) is 0 Å². The summed E-state index contributed by atoms with van der Waals surface area (Å²) < 4.78 is 31.3. The summed E-state index contributed by atoms with van der Waals surface area (Å²) in [6, 6.07) is 14.3. The van der Waals surface area contributed by atoms with E-state index in [4.69, 9.17) is 39.5 Å². The molecule has 0 atom stereocenters. The number of ether oxygens (including phenoxy) is 1. The maximum absolute atomic E-state index is 12.4. The van der Waals surface area contributed by atoms with Crippen molar-refractivity contribution in [2.75, 3.05) is 12.4 Å². The lowest BCUT2D eigenvalue weighted by Crippen LogP contribution is -2.28. The van der Waals surface area contributed by atoms with Gasteiger partial charge in [-0.3, -0.25) is 0 Å². The number of hydrogen-bond acceptors (Lipinski definition) is 3. The molecule has 0 fully saturated rings. The van der Waals surface area contributed by atoms with Crippen LogP contribution in [-0.4, -0.2) is 25.2 Å². The second-order valence-electron chi connectivity index (χ2n) is 4.58. The zero-order valence-electron chi connectivity index (χ0n) is 12.4. The molecular formula is C15H13Cl3N2O3S. The fourth-order valence-corrected chi connectivity index (χ4v) is 3.17. The molecule has 0 spiro atoms. The molecule has 0 unspecified atom stereocenters. The van der Waals surface area contributed by atoms with Gasteiger partial charge < -0.3 is 10.1 Å². The summed E-state index contributed by atoms with van der Waals surface area (Å²) in [5.74, 6) is 0.298. The zero-order valence-corrected chi connectivity index (χ0v) is 15.5. The summed E-state index contributed by atoms with van der Waals surface area (Å²) in [5.41, 5.74) is 0.490. The summed E-state index contributed by atoms with van der Waals surface area (Å²) in [6.07, 6.45) is 0. The molecule has 2 rings (SSSR count). The van der Waals surface area contributed by atoms with Crippen LogP contribution in [-0.2, 0) is 10.0 Å². The molecule has 0 radical (unpaired) electrons. The fourth-order valence-electron chi connectivity index (χ4n) is 1.72. The molecule has 0 saturated heterocycles. The van der Waals surface area contributed by atoms with Crippen LogP contribution >= 0.6 is 34.8 Å². The van der Waals surface area contributed by atoms with E-state index in [1.807, 2.05) is 0 Å². The van der Waals surface area contributed by atoms with Crippen molar-refractivity contribution in [3.63, 3.8) is 0 Å². The Morgan fingerprint density at radius 1 is 1.04 bits per heavy atom. The number of amidine groups is 1. The van der Waals surface area contributed by atoms with Gasteiger partial charge in [-0.2, -0.15) is 8.42 Å². The van der Waals surface area contributed by atoms with Crippen LogP contribution in [0.2, 0.25) is 0 Å². The smallest absolute Gasteiger partial charge is 0.284 e. The van der Waals surface area contributed by atoms with Gasteiger partial charge >= 0.3 is 0 Å². The van der Waals surface area contributed by atoms with Crippen LogP contribution in [0.1, 0.15) is 0 Å². The number of methoxy groups -OCH3 is 1. The van der Waals surface area contributed by atoms with Crippen LogP contribution in [0.3, 0.4) is 0 Å². The first-order valence-electron chi connectivity index (χ1n) is 6.61. The molecule has 1 N–H and O–H groups in total. The van der Waals surface area contributed by atoms with Crippen molar-refractivity contribution in [2.24, 2.45) is 4.40 Å². The molecule has 9 heteroatoms. The predicted molar refractivity (Wildman–Crippen MR) is 98.0 cm³/mol. The van der Waals surface area contributed by atoms with E-state index in [1.54, 1.807) is 42.5 Å². The Morgan fingerprint density at radius 2 is 1.62 bits per heavy atom. The number of rotatable bonds is 4. The number of anilines is 1. The summed E-state index contributed by atoms with van der Waals surface area (Å²) in [6.45, 7) is 0. The monoisotopic (exact) mass is 406 g/mol. The zero-order chi connectivity index (χ0) is 17.8. The molecule has 0 aromatic heterocycles. The van der Waals surface area contributed by atoms with Crippen LogP contribution in [0.4, 0.5) is 5.69 Å². The standard InChI is InChI=1S/C15H13Cl3N2O3S/c1-23-12-9-7-11(8-10-12)19-14(15(16,17)18)20-24(21,22)13-5-3-2-4-6-13/h2-10H,1H3,(H,19,20). The minimum Gasteiger partial charge on any atom is -0.497 e. The van der Waals surface area contributed by atoms with E-state index in [-0.39, 0.29) is 10.7 Å². The van der Waals surface area contributed by atoms with Crippen LogP contribution in [0.15, 0.2) is 63.9 Å². The predicted octanol–water partition coefficient (Wildman–Crippen LogP) is 4.26. The largest absolute Gasteiger partial charge is 0.497 e. The number of nitrogens with zero attached hydrogens (tertiary/aromatic N) is 1. The lowest BCUT2D eigenvalue weighted by molar-refractivity contribution is 0.415. The summed E-state index contributed by atoms with van der Waals surface area (Å²) in [5, 5.41) is 2.72. The first-order chi connectivity index (χ1) is 11.2. The maximum Gasteiger partial charge on any atom is 0.284 e. The van der Waals surface area contributed by atoms with Crippen molar-refractivity contribution >= 4 is 56.3 Å². The van der Waals surface area contributed by atoms with Gasteiger partial charge in [0, 0.05) is 5.69 Å². The van der Waals surface area contributed by atoms with Gasteiger partial charge in [0.05, 0.1) is 12.0 Å². The third-order valence-corrected chi connectivity index (χ3v) is 4.70. The molecule has 0 aliphatic carbocycles. The molecule has 0 amide bonds. The van der Waals surface area contributed by atoms with E-state index in [0.717, 1.165) is 0 Å². The maximum atomic E-state index is 12.4. The van der Waals surface area contributed by atoms with Crippen molar-refractivity contribution < 1.29 is 13.2 Å². The fraction of sp³-hybridized carbons (Fsp3) is 0.133. The van der Waals surface area contributed by atoms with Crippen LogP contribution in [0.25, 0.3) is 0 Å². The lowest BCUT2D eigenvalue weighted by atomic mass is 10.3. The summed E-state index contributed by atoms with van der Waals surface area (Å²) >= 11 is 17.5. The SMILES string of the molecule is COc1ccc(N/C(=N\S(=O)(=O)c2ccccc2)C(Cl)(Cl)Cl)cc1. The van der Waals surface area contributed by atoms with E-state index >= 15 is 0 Å². The van der Waals surface area contributed by atoms with Gasteiger partial charge in [-0.25, -0.2) is 0 Å².